The highest BCUT2D eigenvalue weighted by molar-refractivity contribution is 7.09. The second-order valence-corrected chi connectivity index (χ2v) is 3.84. The lowest BCUT2D eigenvalue weighted by molar-refractivity contribution is 0.950. The van der Waals surface area contributed by atoms with Gasteiger partial charge in [-0.05, 0) is 24.8 Å². The van der Waals surface area contributed by atoms with Crippen molar-refractivity contribution >= 4 is 22.9 Å². The summed E-state index contributed by atoms with van der Waals surface area (Å²) in [6.45, 7) is 2.02. The molecule has 0 saturated heterocycles. The Kier molecular flexibility index (Phi) is 2.55. The largest absolute Gasteiger partial charge is 0.149 e. The molecule has 0 N–H and O–H groups in total. The second kappa shape index (κ2) is 3.23. The summed E-state index contributed by atoms with van der Waals surface area (Å²) in [5, 5.41) is 2.35. The van der Waals surface area contributed by atoms with E-state index in [0.717, 1.165) is 6.42 Å². The monoisotopic (exact) mass is 160 g/mol. The molecular formula is C7H9ClS. The van der Waals surface area contributed by atoms with E-state index < -0.39 is 0 Å². The molecule has 0 aliphatic carbocycles. The van der Waals surface area contributed by atoms with E-state index >= 15 is 0 Å². The Morgan fingerprint density at radius 2 is 2.56 bits per heavy atom. The van der Waals surface area contributed by atoms with Crippen molar-refractivity contribution in [3.05, 3.63) is 22.4 Å². The van der Waals surface area contributed by atoms with Crippen LogP contribution in [0.25, 0.3) is 0 Å². The molecule has 1 atom stereocenters. The molecule has 0 aliphatic heterocycles. The minimum absolute atomic E-state index is 0.267. The van der Waals surface area contributed by atoms with Gasteiger partial charge in [0.25, 0.3) is 0 Å². The minimum Gasteiger partial charge on any atom is -0.149 e. The zero-order valence-electron chi connectivity index (χ0n) is 5.30. The van der Waals surface area contributed by atoms with Crippen molar-refractivity contribution in [2.24, 2.45) is 0 Å². The van der Waals surface area contributed by atoms with E-state index in [1.54, 1.807) is 11.3 Å². The van der Waals surface area contributed by atoms with Gasteiger partial charge in [0, 0.05) is 10.3 Å². The molecule has 0 amide bonds. The standard InChI is InChI=1S/C7H9ClS/c1-6(8)5-7-3-2-4-9-7/h2-4,6H,5H2,1H3. The molecule has 0 aliphatic rings. The fraction of sp³-hybridized carbons (Fsp3) is 0.429. The van der Waals surface area contributed by atoms with Gasteiger partial charge >= 0.3 is 0 Å². The Balaban J connectivity index is 2.48. The highest BCUT2D eigenvalue weighted by Crippen LogP contribution is 2.12. The van der Waals surface area contributed by atoms with Gasteiger partial charge < -0.3 is 0 Å². The number of halogens is 1. The van der Waals surface area contributed by atoms with E-state index in [-0.39, 0.29) is 5.38 Å². The van der Waals surface area contributed by atoms with Gasteiger partial charge in [0.15, 0.2) is 0 Å². The fourth-order valence-electron chi connectivity index (χ4n) is 0.706. The van der Waals surface area contributed by atoms with Gasteiger partial charge in [-0.2, -0.15) is 0 Å². The van der Waals surface area contributed by atoms with Crippen LogP contribution >= 0.6 is 22.9 Å². The molecule has 0 spiro atoms. The van der Waals surface area contributed by atoms with E-state index in [9.17, 15) is 0 Å². The van der Waals surface area contributed by atoms with Crippen molar-refractivity contribution in [1.82, 2.24) is 0 Å². The summed E-state index contributed by atoms with van der Waals surface area (Å²) in [5.74, 6) is 0. The third-order valence-electron chi connectivity index (χ3n) is 1.06. The Morgan fingerprint density at radius 3 is 3.00 bits per heavy atom. The Morgan fingerprint density at radius 1 is 1.78 bits per heavy atom. The quantitative estimate of drug-likeness (QED) is 0.584. The number of thiophene rings is 1. The van der Waals surface area contributed by atoms with E-state index in [0.29, 0.717) is 0 Å². The van der Waals surface area contributed by atoms with E-state index in [2.05, 4.69) is 17.5 Å². The van der Waals surface area contributed by atoms with Crippen LogP contribution in [0.1, 0.15) is 11.8 Å². The Bertz CT molecular complexity index is 155. The fourth-order valence-corrected chi connectivity index (χ4v) is 1.80. The molecule has 1 aromatic heterocycles. The van der Waals surface area contributed by atoms with Crippen LogP contribution < -0.4 is 0 Å². The van der Waals surface area contributed by atoms with Crippen molar-refractivity contribution in [1.29, 1.82) is 0 Å². The molecule has 0 aromatic carbocycles. The highest BCUT2D eigenvalue weighted by Gasteiger charge is 1.97. The lowest BCUT2D eigenvalue weighted by atomic mass is 10.3. The normalized spacial score (nSPS) is 13.6. The SMILES string of the molecule is CC(Cl)Cc1cccs1. The van der Waals surface area contributed by atoms with Crippen LogP contribution in [-0.4, -0.2) is 5.38 Å². The molecule has 1 rings (SSSR count). The predicted molar refractivity (Wildman–Crippen MR) is 43.3 cm³/mol. The first kappa shape index (κ1) is 7.10. The molecule has 2 heteroatoms. The van der Waals surface area contributed by atoms with Gasteiger partial charge in [0.2, 0.25) is 0 Å². The Hall–Kier alpha value is -0.0100. The summed E-state index contributed by atoms with van der Waals surface area (Å²) in [6.07, 6.45) is 0.999. The summed E-state index contributed by atoms with van der Waals surface area (Å²) in [4.78, 5) is 1.37. The average molecular weight is 161 g/mol. The third-order valence-corrected chi connectivity index (χ3v) is 2.12. The van der Waals surface area contributed by atoms with Crippen molar-refractivity contribution in [2.45, 2.75) is 18.7 Å². The van der Waals surface area contributed by atoms with Gasteiger partial charge in [-0.1, -0.05) is 6.07 Å². The predicted octanol–water partition coefficient (Wildman–Crippen LogP) is 2.92. The first-order valence-corrected chi connectivity index (χ1v) is 4.27. The van der Waals surface area contributed by atoms with E-state index in [4.69, 9.17) is 11.6 Å². The molecule has 0 saturated carbocycles. The number of hydrogen-bond acceptors (Lipinski definition) is 1. The first-order valence-electron chi connectivity index (χ1n) is 2.95. The van der Waals surface area contributed by atoms with Crippen LogP contribution in [0.2, 0.25) is 0 Å². The van der Waals surface area contributed by atoms with Crippen LogP contribution in [0.3, 0.4) is 0 Å². The third kappa shape index (κ3) is 2.37. The minimum atomic E-state index is 0.267. The molecule has 0 fully saturated rings. The topological polar surface area (TPSA) is 0 Å². The van der Waals surface area contributed by atoms with Crippen LogP contribution in [0, 0.1) is 0 Å². The molecule has 0 bridgehead atoms. The van der Waals surface area contributed by atoms with Crippen LogP contribution in [-0.2, 0) is 6.42 Å². The molecule has 50 valence electrons. The van der Waals surface area contributed by atoms with Gasteiger partial charge in [-0.15, -0.1) is 22.9 Å². The van der Waals surface area contributed by atoms with E-state index in [1.165, 1.54) is 4.88 Å². The smallest absolute Gasteiger partial charge is 0.0356 e. The lowest BCUT2D eigenvalue weighted by Crippen LogP contribution is -1.93. The van der Waals surface area contributed by atoms with Gasteiger partial charge in [-0.25, -0.2) is 0 Å². The van der Waals surface area contributed by atoms with Crippen molar-refractivity contribution < 1.29 is 0 Å². The summed E-state index contributed by atoms with van der Waals surface area (Å²) >= 11 is 7.54. The molecule has 1 heterocycles. The van der Waals surface area contributed by atoms with E-state index in [1.807, 2.05) is 6.92 Å². The summed E-state index contributed by atoms with van der Waals surface area (Å²) < 4.78 is 0. The van der Waals surface area contributed by atoms with Crippen LogP contribution in [0.4, 0.5) is 0 Å². The summed E-state index contributed by atoms with van der Waals surface area (Å²) in [7, 11) is 0. The number of hydrogen-bond donors (Lipinski definition) is 0. The first-order chi connectivity index (χ1) is 4.29. The molecule has 1 unspecified atom stereocenters. The molecule has 0 radical (unpaired) electrons. The number of alkyl halides is 1. The molecule has 1 aromatic rings. The highest BCUT2D eigenvalue weighted by atomic mass is 35.5. The molecular weight excluding hydrogens is 152 g/mol. The summed E-state index contributed by atoms with van der Waals surface area (Å²) in [6, 6.07) is 4.17. The maximum Gasteiger partial charge on any atom is 0.0356 e. The van der Waals surface area contributed by atoms with Gasteiger partial charge in [0.05, 0.1) is 0 Å². The van der Waals surface area contributed by atoms with Crippen molar-refractivity contribution in [3.8, 4) is 0 Å². The Labute approximate surface area is 64.5 Å². The lowest BCUT2D eigenvalue weighted by Gasteiger charge is -1.96. The summed E-state index contributed by atoms with van der Waals surface area (Å²) in [5.41, 5.74) is 0. The zero-order valence-corrected chi connectivity index (χ0v) is 6.88. The van der Waals surface area contributed by atoms with Crippen LogP contribution in [0.15, 0.2) is 17.5 Å². The van der Waals surface area contributed by atoms with Gasteiger partial charge in [-0.3, -0.25) is 0 Å². The van der Waals surface area contributed by atoms with Gasteiger partial charge in [0.1, 0.15) is 0 Å². The molecule has 9 heavy (non-hydrogen) atoms. The second-order valence-electron chi connectivity index (χ2n) is 2.06. The molecule has 0 nitrogen and oxygen atoms in total. The maximum absolute atomic E-state index is 5.78. The maximum atomic E-state index is 5.78. The average Bonchev–Trinajstić information content (AvgIpc) is 2.15. The van der Waals surface area contributed by atoms with Crippen LogP contribution in [0.5, 0.6) is 0 Å². The van der Waals surface area contributed by atoms with Crippen molar-refractivity contribution in [3.63, 3.8) is 0 Å². The van der Waals surface area contributed by atoms with Crippen molar-refractivity contribution in [2.75, 3.05) is 0 Å². The zero-order chi connectivity index (χ0) is 6.69. The number of rotatable bonds is 2.